The Labute approximate surface area is 215 Å². The molecule has 4 N–H and O–H groups in total. The fourth-order valence-electron chi connectivity index (χ4n) is 3.97. The fourth-order valence-corrected chi connectivity index (χ4v) is 4.17. The van der Waals surface area contributed by atoms with Crippen LogP contribution in [0.5, 0.6) is 5.75 Å². The molecular weight excluding hydrogens is 490 g/mol. The molecule has 3 rings (SSSR count). The number of benzene rings is 2. The van der Waals surface area contributed by atoms with Gasteiger partial charge in [-0.3, -0.25) is 0 Å². The molecule has 10 heteroatoms. The number of rotatable bonds is 9. The number of hydrogen-bond acceptors (Lipinski definition) is 7. The van der Waals surface area contributed by atoms with Crippen molar-refractivity contribution in [2.24, 2.45) is 0 Å². The van der Waals surface area contributed by atoms with Crippen LogP contribution in [0.1, 0.15) is 49.5 Å². The number of carboxylic acid groups (broad SMARTS) is 2. The maximum Gasteiger partial charge on any atom is 0.414 e. The maximum absolute atomic E-state index is 11.5. The third-order valence-corrected chi connectivity index (χ3v) is 5.95. The number of carbonyl (C=O) groups is 3. The van der Waals surface area contributed by atoms with Crippen LogP contribution in [0.4, 0.5) is 0 Å². The first-order valence-electron chi connectivity index (χ1n) is 11.7. The number of aliphatic carboxylic acids is 2. The summed E-state index contributed by atoms with van der Waals surface area (Å²) < 4.78 is 10.5. The summed E-state index contributed by atoms with van der Waals surface area (Å²) in [4.78, 5) is 29.7. The van der Waals surface area contributed by atoms with E-state index in [2.05, 4.69) is 18.3 Å². The summed E-state index contributed by atoms with van der Waals surface area (Å²) >= 11 is 6.09. The van der Waals surface area contributed by atoms with E-state index in [1.54, 1.807) is 6.92 Å². The summed E-state index contributed by atoms with van der Waals surface area (Å²) in [5.41, 5.74) is 3.35. The molecule has 0 saturated heterocycles. The van der Waals surface area contributed by atoms with E-state index < -0.39 is 18.0 Å². The zero-order chi connectivity index (χ0) is 26.7. The van der Waals surface area contributed by atoms with Gasteiger partial charge in [-0.15, -0.1) is 0 Å². The highest BCUT2D eigenvalue weighted by atomic mass is 35.5. The molecule has 1 aliphatic rings. The number of aryl methyl sites for hydroxylation is 1. The second kappa shape index (κ2) is 14.4. The number of hydrogen-bond donors (Lipinski definition) is 4. The van der Waals surface area contributed by atoms with E-state index in [0.717, 1.165) is 31.2 Å². The molecule has 2 aromatic carbocycles. The Balaban J connectivity index is 0.000000678. The Morgan fingerprint density at radius 2 is 1.81 bits per heavy atom. The van der Waals surface area contributed by atoms with Gasteiger partial charge in [0.1, 0.15) is 5.75 Å². The molecule has 3 atom stereocenters. The topological polar surface area (TPSA) is 142 Å². The Morgan fingerprint density at radius 1 is 1.08 bits per heavy atom. The lowest BCUT2D eigenvalue weighted by molar-refractivity contribution is -0.159. The van der Waals surface area contributed by atoms with E-state index in [-0.39, 0.29) is 24.7 Å². The molecule has 0 amide bonds. The van der Waals surface area contributed by atoms with E-state index >= 15 is 0 Å². The van der Waals surface area contributed by atoms with E-state index in [4.69, 9.17) is 40.9 Å². The summed E-state index contributed by atoms with van der Waals surface area (Å²) in [7, 11) is 0. The lowest BCUT2D eigenvalue weighted by atomic mass is 9.87. The molecule has 2 aromatic rings. The molecule has 0 radical (unpaired) electrons. The minimum Gasteiger partial charge on any atom is -0.482 e. The van der Waals surface area contributed by atoms with Gasteiger partial charge in [-0.25, -0.2) is 14.4 Å². The van der Waals surface area contributed by atoms with Crippen molar-refractivity contribution < 1.29 is 39.2 Å². The first kappa shape index (κ1) is 29.1. The Bertz CT molecular complexity index is 1030. The first-order chi connectivity index (χ1) is 17.1. The molecule has 9 nitrogen and oxygen atoms in total. The van der Waals surface area contributed by atoms with Gasteiger partial charge in [0.05, 0.1) is 12.7 Å². The molecule has 0 heterocycles. The summed E-state index contributed by atoms with van der Waals surface area (Å²) in [5.74, 6) is -3.34. The lowest BCUT2D eigenvalue weighted by Crippen LogP contribution is -2.44. The van der Waals surface area contributed by atoms with Gasteiger partial charge in [0.15, 0.2) is 6.61 Å². The smallest absolute Gasteiger partial charge is 0.414 e. The van der Waals surface area contributed by atoms with Crippen LogP contribution < -0.4 is 10.1 Å². The number of halogens is 1. The molecule has 0 aromatic heterocycles. The molecular formula is C26H32ClNO8. The minimum absolute atomic E-state index is 0.0572. The van der Waals surface area contributed by atoms with Gasteiger partial charge in [-0.05, 0) is 73.6 Å². The Kier molecular flexibility index (Phi) is 11.7. The third kappa shape index (κ3) is 9.14. The van der Waals surface area contributed by atoms with Gasteiger partial charge in [-0.2, -0.15) is 0 Å². The van der Waals surface area contributed by atoms with Gasteiger partial charge in [0.25, 0.3) is 0 Å². The minimum atomic E-state index is -1.82. The number of fused-ring (bicyclic) bond motifs is 1. The summed E-state index contributed by atoms with van der Waals surface area (Å²) in [5, 5.41) is 29.9. The average molecular weight is 522 g/mol. The highest BCUT2D eigenvalue weighted by Gasteiger charge is 2.26. The van der Waals surface area contributed by atoms with E-state index in [1.165, 1.54) is 11.1 Å². The maximum atomic E-state index is 11.5. The van der Waals surface area contributed by atoms with Crippen molar-refractivity contribution in [2.75, 3.05) is 13.2 Å². The second-order valence-corrected chi connectivity index (χ2v) is 8.69. The molecule has 0 fully saturated rings. The Morgan fingerprint density at radius 3 is 2.42 bits per heavy atom. The highest BCUT2D eigenvalue weighted by molar-refractivity contribution is 6.30. The van der Waals surface area contributed by atoms with Gasteiger partial charge in [0, 0.05) is 17.1 Å². The first-order valence-corrected chi connectivity index (χ1v) is 12.1. The molecule has 0 bridgehead atoms. The van der Waals surface area contributed by atoms with Crippen LogP contribution in [-0.2, 0) is 32.0 Å². The van der Waals surface area contributed by atoms with Gasteiger partial charge in [-0.1, -0.05) is 36.7 Å². The Hall–Kier alpha value is -3.14. The normalized spacial score (nSPS) is 15.9. The number of aliphatic hydroxyl groups excluding tert-OH is 1. The van der Waals surface area contributed by atoms with E-state index in [0.29, 0.717) is 17.4 Å². The predicted octanol–water partition coefficient (Wildman–Crippen LogP) is 3.40. The summed E-state index contributed by atoms with van der Waals surface area (Å²) in [6.45, 7) is 4.11. The monoisotopic (exact) mass is 521 g/mol. The molecule has 0 aliphatic heterocycles. The summed E-state index contributed by atoms with van der Waals surface area (Å²) in [6.07, 6.45) is 3.02. The summed E-state index contributed by atoms with van der Waals surface area (Å²) in [6, 6.07) is 13.6. The molecule has 2 unspecified atom stereocenters. The van der Waals surface area contributed by atoms with Crippen LogP contribution in [0.25, 0.3) is 0 Å². The van der Waals surface area contributed by atoms with E-state index in [9.17, 15) is 9.90 Å². The van der Waals surface area contributed by atoms with Crippen molar-refractivity contribution in [3.05, 3.63) is 64.2 Å². The fraction of sp³-hybridized carbons (Fsp3) is 0.423. The van der Waals surface area contributed by atoms with Crippen LogP contribution in [0.3, 0.4) is 0 Å². The molecule has 1 aliphatic carbocycles. The van der Waals surface area contributed by atoms with Crippen LogP contribution in [0.15, 0.2) is 42.5 Å². The van der Waals surface area contributed by atoms with Crippen molar-refractivity contribution in [2.45, 2.75) is 57.7 Å². The number of nitrogens with one attached hydrogen (secondary N) is 1. The number of aliphatic hydroxyl groups is 1. The second-order valence-electron chi connectivity index (χ2n) is 8.26. The van der Waals surface area contributed by atoms with Crippen molar-refractivity contribution in [3.8, 4) is 5.75 Å². The number of esters is 1. The zero-order valence-corrected chi connectivity index (χ0v) is 21.0. The lowest BCUT2D eigenvalue weighted by Gasteiger charge is -2.32. The van der Waals surface area contributed by atoms with Crippen LogP contribution in [-0.4, -0.2) is 58.5 Å². The van der Waals surface area contributed by atoms with Crippen LogP contribution >= 0.6 is 11.6 Å². The standard InChI is InChI=1S/C24H30ClNO4.C2H2O4/c1-3-22(24(28)17-6-5-7-19(25)12-17)26-20-10-8-16-9-11-21(14-18(16)13-20)30-15-23(27)29-4-2;3-1(4)2(5)6/h5-7,9,11-12,14,20,22,24,26,28H,3-4,8,10,13,15H2,1-2H3;(H,3,4)(H,5,6)/t20?,22?,24-;/m0./s1. The predicted molar refractivity (Wildman–Crippen MR) is 133 cm³/mol. The molecule has 0 saturated carbocycles. The zero-order valence-electron chi connectivity index (χ0n) is 20.3. The van der Waals surface area contributed by atoms with Gasteiger partial charge < -0.3 is 30.1 Å². The SMILES string of the molecule is CCOC(=O)COc1ccc2c(c1)CC(NC(CC)[C@@H](O)c1cccc(Cl)c1)CC2.O=C(O)C(=O)O. The number of carboxylic acids is 2. The van der Waals surface area contributed by atoms with Crippen molar-refractivity contribution in [3.63, 3.8) is 0 Å². The van der Waals surface area contributed by atoms with E-state index in [1.807, 2.05) is 36.4 Å². The molecule has 36 heavy (non-hydrogen) atoms. The average Bonchev–Trinajstić information content (AvgIpc) is 2.85. The van der Waals surface area contributed by atoms with Crippen LogP contribution in [0, 0.1) is 0 Å². The van der Waals surface area contributed by atoms with Crippen LogP contribution in [0.2, 0.25) is 5.02 Å². The molecule has 0 spiro atoms. The third-order valence-electron chi connectivity index (χ3n) is 5.71. The van der Waals surface area contributed by atoms with Gasteiger partial charge in [0.2, 0.25) is 0 Å². The number of ether oxygens (including phenoxy) is 2. The van der Waals surface area contributed by atoms with Crippen molar-refractivity contribution >= 4 is 29.5 Å². The van der Waals surface area contributed by atoms with Crippen molar-refractivity contribution in [1.29, 1.82) is 0 Å². The molecule has 196 valence electrons. The number of carbonyl (C=O) groups excluding carboxylic acids is 1. The highest BCUT2D eigenvalue weighted by Crippen LogP contribution is 2.28. The quantitative estimate of drug-likeness (QED) is 0.288. The largest absolute Gasteiger partial charge is 0.482 e. The van der Waals surface area contributed by atoms with Gasteiger partial charge >= 0.3 is 17.9 Å². The van der Waals surface area contributed by atoms with Crippen molar-refractivity contribution in [1.82, 2.24) is 5.32 Å².